The largest absolute Gasteiger partial charge is 0.527 e. The quantitative estimate of drug-likeness (QED) is 0.169. The maximum absolute atomic E-state index is 15.5. The van der Waals surface area contributed by atoms with Crippen molar-refractivity contribution >= 4 is 28.5 Å². The molecule has 9 nitrogen and oxygen atoms in total. The zero-order valence-corrected chi connectivity index (χ0v) is 28.8. The molecule has 5 aromatic carbocycles. The van der Waals surface area contributed by atoms with Gasteiger partial charge in [-0.1, -0.05) is 54.6 Å². The van der Waals surface area contributed by atoms with E-state index >= 15 is 4.39 Å². The Morgan fingerprint density at radius 3 is 1.76 bits per heavy atom. The molecule has 0 aliphatic rings. The highest BCUT2D eigenvalue weighted by Crippen LogP contribution is 2.36. The van der Waals surface area contributed by atoms with Crippen LogP contribution in [0.4, 0.5) is 25.8 Å². The van der Waals surface area contributed by atoms with E-state index in [9.17, 15) is 20.2 Å². The minimum absolute atomic E-state index is 0.0308. The normalized spacial score (nSPS) is 9.35. The van der Waals surface area contributed by atoms with Crippen LogP contribution >= 0.6 is 0 Å². The van der Waals surface area contributed by atoms with E-state index in [-0.39, 0.29) is 56.3 Å². The van der Waals surface area contributed by atoms with Gasteiger partial charge in [-0.2, -0.15) is 30.7 Å². The van der Waals surface area contributed by atoms with Crippen LogP contribution < -0.4 is 10.4 Å². The van der Waals surface area contributed by atoms with Crippen LogP contribution in [0.3, 0.4) is 0 Å². The van der Waals surface area contributed by atoms with E-state index in [1.165, 1.54) is 42.5 Å². The molecule has 0 spiro atoms. The van der Waals surface area contributed by atoms with Crippen molar-refractivity contribution < 1.29 is 8.78 Å². The Labute approximate surface area is 315 Å². The van der Waals surface area contributed by atoms with Gasteiger partial charge >= 0.3 is 5.82 Å². The van der Waals surface area contributed by atoms with Crippen LogP contribution in [0, 0.1) is 90.9 Å². The molecule has 0 N–H and O–H groups in total. The fourth-order valence-electron chi connectivity index (χ4n) is 5.82. The van der Waals surface area contributed by atoms with Crippen LogP contribution in [0.5, 0.6) is 0 Å². The second kappa shape index (κ2) is 17.9. The number of aryl methyl sites for hydroxylation is 1. The minimum Gasteiger partial charge on any atom is -0.250 e. The summed E-state index contributed by atoms with van der Waals surface area (Å²) < 4.78 is 27.6. The van der Waals surface area contributed by atoms with E-state index in [4.69, 9.17) is 38.1 Å². The number of nitrogens with zero attached hydrogens (tertiary/aromatic N) is 9. The third kappa shape index (κ3) is 8.20. The first kappa shape index (κ1) is 38.9. The highest BCUT2D eigenvalue weighted by atomic mass is 19.1. The summed E-state index contributed by atoms with van der Waals surface area (Å²) in [6, 6.07) is 28.8. The van der Waals surface area contributed by atoms with Gasteiger partial charge in [-0.15, -0.1) is 0 Å². The summed E-state index contributed by atoms with van der Waals surface area (Å²) in [5.41, 5.74) is 3.15. The number of benzene rings is 5. The molecule has 0 atom stereocenters. The van der Waals surface area contributed by atoms with Crippen molar-refractivity contribution in [3.8, 4) is 46.5 Å². The third-order valence-corrected chi connectivity index (χ3v) is 8.31. The molecular formula is C44H21F2N9. The van der Waals surface area contributed by atoms with Gasteiger partial charge in [0, 0.05) is 10.8 Å². The van der Waals surface area contributed by atoms with Crippen molar-refractivity contribution in [3.63, 3.8) is 0 Å². The molecule has 256 valence electrons. The van der Waals surface area contributed by atoms with Crippen LogP contribution in [-0.2, 0) is 13.1 Å². The van der Waals surface area contributed by atoms with Gasteiger partial charge in [0.25, 0.3) is 0 Å². The van der Waals surface area contributed by atoms with Crippen LogP contribution in [0.15, 0.2) is 84.9 Å². The Morgan fingerprint density at radius 1 is 0.655 bits per heavy atom. The second-order valence-electron chi connectivity index (χ2n) is 11.4. The maximum Gasteiger partial charge on any atom is 0.527 e. The van der Waals surface area contributed by atoms with Gasteiger partial charge in [0.15, 0.2) is 17.1 Å². The molecule has 0 fully saturated rings. The van der Waals surface area contributed by atoms with Gasteiger partial charge in [-0.25, -0.2) is 13.6 Å². The molecule has 0 bridgehead atoms. The fraction of sp³-hybridized carbons (Fsp3) is 0.0682. The predicted molar refractivity (Wildman–Crippen MR) is 201 cm³/mol. The molecule has 0 unspecified atom stereocenters. The second-order valence-corrected chi connectivity index (χ2v) is 11.4. The van der Waals surface area contributed by atoms with E-state index in [2.05, 4.69) is 30.3 Å². The molecule has 5 aromatic rings. The molecule has 0 heterocycles. The van der Waals surface area contributed by atoms with Crippen molar-refractivity contribution in [3.05, 3.63) is 192 Å². The molecule has 0 saturated carbocycles. The Balaban J connectivity index is 0.000000654. The predicted octanol–water partition coefficient (Wildman–Crippen LogP) is 9.71. The van der Waals surface area contributed by atoms with Gasteiger partial charge in [-0.05, 0) is 82.6 Å². The lowest BCUT2D eigenvalue weighted by atomic mass is 9.82. The number of rotatable bonds is 5. The Kier molecular flexibility index (Phi) is 12.6. The lowest BCUT2D eigenvalue weighted by molar-refractivity contribution is 0.484. The topological polar surface area (TPSA) is 117 Å². The van der Waals surface area contributed by atoms with E-state index in [1.807, 2.05) is 18.2 Å². The van der Waals surface area contributed by atoms with E-state index in [0.29, 0.717) is 39.1 Å². The molecule has 0 saturated heterocycles. The van der Waals surface area contributed by atoms with Gasteiger partial charge in [-0.3, -0.25) is 9.69 Å². The molecule has 11 heteroatoms. The Hall–Kier alpha value is -8.89. The molecule has 5 rings (SSSR count). The highest BCUT2D eigenvalue weighted by molar-refractivity contribution is 5.89. The zero-order valence-electron chi connectivity index (χ0n) is 28.8. The number of halogens is 2. The zero-order chi connectivity index (χ0) is 40.1. The molecule has 55 heavy (non-hydrogen) atoms. The first-order valence-corrected chi connectivity index (χ1v) is 15.8. The van der Waals surface area contributed by atoms with E-state index in [1.54, 1.807) is 49.4 Å². The Morgan fingerprint density at radius 2 is 1.25 bits per heavy atom. The van der Waals surface area contributed by atoms with Crippen molar-refractivity contribution in [2.75, 3.05) is 0 Å². The molecule has 0 aliphatic carbocycles. The maximum atomic E-state index is 15.5. The van der Waals surface area contributed by atoms with Crippen molar-refractivity contribution in [1.29, 1.82) is 21.0 Å². The van der Waals surface area contributed by atoms with Crippen molar-refractivity contribution in [1.82, 2.24) is 0 Å². The van der Waals surface area contributed by atoms with Crippen molar-refractivity contribution in [2.45, 2.75) is 20.0 Å². The first-order chi connectivity index (χ1) is 26.7. The lowest BCUT2D eigenvalue weighted by Gasteiger charge is -2.20. The number of nitriles is 4. The summed E-state index contributed by atoms with van der Waals surface area (Å²) in [6.07, 6.45) is 0.0308. The minimum atomic E-state index is -1.21. The van der Waals surface area contributed by atoms with Gasteiger partial charge in [0.1, 0.15) is 43.3 Å². The monoisotopic (exact) mass is 713 g/mol. The lowest BCUT2D eigenvalue weighted by Crippen LogP contribution is -2.29. The van der Waals surface area contributed by atoms with Crippen LogP contribution in [0.25, 0.3) is 57.9 Å². The highest BCUT2D eigenvalue weighted by Gasteiger charge is 2.27. The molecule has 0 amide bonds. The van der Waals surface area contributed by atoms with Gasteiger partial charge in [0.2, 0.25) is 0 Å². The van der Waals surface area contributed by atoms with Crippen LogP contribution in [0.1, 0.15) is 33.4 Å². The smallest absolute Gasteiger partial charge is 0.250 e. The van der Waals surface area contributed by atoms with Crippen molar-refractivity contribution in [2.24, 2.45) is 0 Å². The van der Waals surface area contributed by atoms with E-state index in [0.717, 1.165) is 0 Å². The number of hydrogen-bond donors (Lipinski definition) is 0. The average molecular weight is 714 g/mol. The summed E-state index contributed by atoms with van der Waals surface area (Å²) in [6.45, 7) is 38.7. The summed E-state index contributed by atoms with van der Waals surface area (Å²) in [5.74, 6) is -0.723. The molecule has 0 radical (unpaired) electrons. The third-order valence-electron chi connectivity index (χ3n) is 8.31. The fourth-order valence-corrected chi connectivity index (χ4v) is 5.82. The summed E-state index contributed by atoms with van der Waals surface area (Å²) in [5, 5.41) is 38.1. The Bertz CT molecular complexity index is 2850. The summed E-state index contributed by atoms with van der Waals surface area (Å²) in [4.78, 5) is 17.2. The first-order valence-electron chi connectivity index (χ1n) is 15.8. The molecule has 0 aliphatic heterocycles. The van der Waals surface area contributed by atoms with Gasteiger partial charge in [0.05, 0.1) is 48.2 Å². The SMILES string of the molecule is N#Cc1ccc(F)cc1.[C-]#[N+]C([N+]#[C-])=c1c(Cc2ccc([N+]#[C-])cc2)c(-c2ccc(C#N)c(C)c2)c(=C(C#N)C#N)c(CF)c1-c1ccc([N+]#[C-])c([N+]#[C-])c1. The number of alkyl halides is 1. The summed E-state index contributed by atoms with van der Waals surface area (Å²) in [7, 11) is 0. The standard InChI is InChI=1S/C37H17FN8.C7H4FN/c1-22-15-24(9-10-26(22)19-39)33-29(16-23-7-12-28(42-2)13-8-23)36(37(45-5)46-6)34(30(18-38)35(33)27(20-40)21-41)25-11-14-31(43-3)32(17-25)44-4;8-7-3-1-6(5-9)2-4-7/h7-15,17H,16,18H2,1H3;1-4H. The summed E-state index contributed by atoms with van der Waals surface area (Å²) >= 11 is 0. The molecule has 0 aromatic heterocycles. The van der Waals surface area contributed by atoms with Crippen LogP contribution in [-0.4, -0.2) is 0 Å². The average Bonchev–Trinajstić information content (AvgIpc) is 3.22. The molecular weight excluding hydrogens is 693 g/mol. The van der Waals surface area contributed by atoms with E-state index < -0.39 is 18.1 Å². The van der Waals surface area contributed by atoms with Gasteiger partial charge < -0.3 is 0 Å². The van der Waals surface area contributed by atoms with Crippen LogP contribution in [0.2, 0.25) is 0 Å². The number of hydrogen-bond acceptors (Lipinski definition) is 4.